The second kappa shape index (κ2) is 4.67. The van der Waals surface area contributed by atoms with Gasteiger partial charge in [-0.3, -0.25) is 9.58 Å². The molecular weight excluding hydrogens is 224 g/mol. The molecule has 18 heavy (non-hydrogen) atoms. The van der Waals surface area contributed by atoms with Crippen LogP contribution in [0, 0.1) is 0 Å². The number of rotatable bonds is 3. The van der Waals surface area contributed by atoms with E-state index in [4.69, 9.17) is 5.73 Å². The van der Waals surface area contributed by atoms with E-state index in [9.17, 15) is 0 Å². The van der Waals surface area contributed by atoms with Crippen LogP contribution < -0.4 is 5.73 Å². The average molecular weight is 248 g/mol. The molecule has 3 atom stereocenters. The average Bonchev–Trinajstić information content (AvgIpc) is 2.92. The van der Waals surface area contributed by atoms with Crippen LogP contribution >= 0.6 is 0 Å². The largest absolute Gasteiger partial charge is 0.328 e. The van der Waals surface area contributed by atoms with Gasteiger partial charge in [0, 0.05) is 42.5 Å². The van der Waals surface area contributed by atoms with Crippen LogP contribution in [0.15, 0.2) is 12.4 Å². The van der Waals surface area contributed by atoms with Gasteiger partial charge in [0.1, 0.15) is 0 Å². The van der Waals surface area contributed by atoms with Gasteiger partial charge in [0.05, 0.1) is 6.20 Å². The Morgan fingerprint density at radius 2 is 2.06 bits per heavy atom. The van der Waals surface area contributed by atoms with Gasteiger partial charge < -0.3 is 5.73 Å². The van der Waals surface area contributed by atoms with Crippen molar-refractivity contribution >= 4 is 0 Å². The third kappa shape index (κ3) is 1.97. The van der Waals surface area contributed by atoms with Crippen molar-refractivity contribution in [1.82, 2.24) is 14.7 Å². The van der Waals surface area contributed by atoms with Gasteiger partial charge >= 0.3 is 0 Å². The topological polar surface area (TPSA) is 47.1 Å². The minimum Gasteiger partial charge on any atom is -0.328 e. The molecule has 0 saturated carbocycles. The van der Waals surface area contributed by atoms with Crippen molar-refractivity contribution in [3.05, 3.63) is 18.0 Å². The lowest BCUT2D eigenvalue weighted by molar-refractivity contribution is 0.0853. The summed E-state index contributed by atoms with van der Waals surface area (Å²) in [7, 11) is 0. The summed E-state index contributed by atoms with van der Waals surface area (Å²) in [6.07, 6.45) is 9.21. The SMILES string of the molecule is CCn1cc(C(C)N2C3CCC2CC(N)C3)cn1. The van der Waals surface area contributed by atoms with Gasteiger partial charge in [0.25, 0.3) is 0 Å². The zero-order valence-electron chi connectivity index (χ0n) is 11.4. The number of hydrogen-bond acceptors (Lipinski definition) is 3. The van der Waals surface area contributed by atoms with Crippen molar-refractivity contribution in [2.45, 2.75) is 70.2 Å². The molecule has 3 rings (SSSR count). The first-order chi connectivity index (χ1) is 8.69. The molecule has 1 aromatic rings. The van der Waals surface area contributed by atoms with Gasteiger partial charge in [-0.1, -0.05) is 0 Å². The van der Waals surface area contributed by atoms with Crippen molar-refractivity contribution in [2.24, 2.45) is 5.73 Å². The van der Waals surface area contributed by atoms with Crippen LogP contribution in [0.1, 0.15) is 51.1 Å². The van der Waals surface area contributed by atoms with Crippen molar-refractivity contribution in [1.29, 1.82) is 0 Å². The molecule has 3 heterocycles. The Bertz CT molecular complexity index is 400. The highest BCUT2D eigenvalue weighted by atomic mass is 15.3. The molecule has 4 nitrogen and oxygen atoms in total. The zero-order valence-corrected chi connectivity index (χ0v) is 11.4. The van der Waals surface area contributed by atoms with Gasteiger partial charge in [-0.15, -0.1) is 0 Å². The number of hydrogen-bond donors (Lipinski definition) is 1. The van der Waals surface area contributed by atoms with Gasteiger partial charge in [-0.2, -0.15) is 5.10 Å². The first-order valence-corrected chi connectivity index (χ1v) is 7.24. The Morgan fingerprint density at radius 1 is 1.39 bits per heavy atom. The van der Waals surface area contributed by atoms with Gasteiger partial charge in [0.15, 0.2) is 0 Å². The summed E-state index contributed by atoms with van der Waals surface area (Å²) in [6.45, 7) is 5.40. The Morgan fingerprint density at radius 3 is 2.61 bits per heavy atom. The summed E-state index contributed by atoms with van der Waals surface area (Å²) >= 11 is 0. The van der Waals surface area contributed by atoms with Crippen LogP contribution in [-0.2, 0) is 6.54 Å². The maximum absolute atomic E-state index is 6.14. The molecule has 0 radical (unpaired) electrons. The predicted octanol–water partition coefficient (Wildman–Crippen LogP) is 1.92. The molecule has 2 aliphatic heterocycles. The first-order valence-electron chi connectivity index (χ1n) is 7.24. The van der Waals surface area contributed by atoms with Crippen LogP contribution in [0.5, 0.6) is 0 Å². The lowest BCUT2D eigenvalue weighted by atomic mass is 9.95. The molecule has 100 valence electrons. The van der Waals surface area contributed by atoms with Crippen LogP contribution in [0.3, 0.4) is 0 Å². The maximum atomic E-state index is 6.14. The van der Waals surface area contributed by atoms with E-state index in [1.54, 1.807) is 0 Å². The molecule has 0 spiro atoms. The maximum Gasteiger partial charge on any atom is 0.0537 e. The fourth-order valence-electron chi connectivity index (χ4n) is 3.83. The van der Waals surface area contributed by atoms with Crippen LogP contribution in [0.4, 0.5) is 0 Å². The molecule has 2 bridgehead atoms. The highest BCUT2D eigenvalue weighted by Gasteiger charge is 2.42. The van der Waals surface area contributed by atoms with E-state index >= 15 is 0 Å². The second-order valence-corrected chi connectivity index (χ2v) is 5.87. The number of fused-ring (bicyclic) bond motifs is 2. The summed E-state index contributed by atoms with van der Waals surface area (Å²) in [5.74, 6) is 0. The lowest BCUT2D eigenvalue weighted by Gasteiger charge is -2.41. The second-order valence-electron chi connectivity index (χ2n) is 5.87. The third-order valence-electron chi connectivity index (χ3n) is 4.73. The molecule has 0 aliphatic carbocycles. The van der Waals surface area contributed by atoms with E-state index in [1.807, 2.05) is 10.9 Å². The van der Waals surface area contributed by atoms with E-state index in [2.05, 4.69) is 30.0 Å². The molecule has 2 aliphatic rings. The number of piperidine rings is 1. The smallest absolute Gasteiger partial charge is 0.0537 e. The summed E-state index contributed by atoms with van der Waals surface area (Å²) < 4.78 is 2.02. The van der Waals surface area contributed by atoms with E-state index in [1.165, 1.54) is 31.2 Å². The molecule has 2 saturated heterocycles. The van der Waals surface area contributed by atoms with E-state index < -0.39 is 0 Å². The van der Waals surface area contributed by atoms with Crippen molar-refractivity contribution in [2.75, 3.05) is 0 Å². The summed E-state index contributed by atoms with van der Waals surface area (Å²) in [5, 5.41) is 4.40. The molecule has 0 aromatic carbocycles. The van der Waals surface area contributed by atoms with E-state index in [0.29, 0.717) is 24.2 Å². The highest BCUT2D eigenvalue weighted by Crippen LogP contribution is 2.40. The monoisotopic (exact) mass is 248 g/mol. The van der Waals surface area contributed by atoms with E-state index in [0.717, 1.165) is 6.54 Å². The van der Waals surface area contributed by atoms with Gasteiger partial charge in [-0.05, 0) is 39.5 Å². The van der Waals surface area contributed by atoms with Crippen LogP contribution in [-0.4, -0.2) is 32.8 Å². The Balaban J connectivity index is 1.78. The summed E-state index contributed by atoms with van der Waals surface area (Å²) in [4.78, 5) is 2.69. The molecule has 2 N–H and O–H groups in total. The van der Waals surface area contributed by atoms with Crippen LogP contribution in [0.25, 0.3) is 0 Å². The Hall–Kier alpha value is -0.870. The Kier molecular flexibility index (Phi) is 3.16. The van der Waals surface area contributed by atoms with Gasteiger partial charge in [0.2, 0.25) is 0 Å². The van der Waals surface area contributed by atoms with Crippen molar-refractivity contribution < 1.29 is 0 Å². The molecule has 0 amide bonds. The van der Waals surface area contributed by atoms with Gasteiger partial charge in [-0.25, -0.2) is 0 Å². The first kappa shape index (κ1) is 12.2. The number of aromatic nitrogens is 2. The molecule has 4 heteroatoms. The highest BCUT2D eigenvalue weighted by molar-refractivity contribution is 5.13. The summed E-state index contributed by atoms with van der Waals surface area (Å²) in [6, 6.07) is 2.29. The van der Waals surface area contributed by atoms with Crippen molar-refractivity contribution in [3.8, 4) is 0 Å². The molecule has 2 fully saturated rings. The lowest BCUT2D eigenvalue weighted by Crippen LogP contribution is -2.48. The van der Waals surface area contributed by atoms with E-state index in [-0.39, 0.29) is 0 Å². The minimum atomic E-state index is 0.421. The zero-order chi connectivity index (χ0) is 12.7. The normalized spacial score (nSPS) is 33.8. The quantitative estimate of drug-likeness (QED) is 0.889. The number of aryl methyl sites for hydroxylation is 1. The number of nitrogens with zero attached hydrogens (tertiary/aromatic N) is 3. The third-order valence-corrected chi connectivity index (χ3v) is 4.73. The minimum absolute atomic E-state index is 0.421. The predicted molar refractivity (Wildman–Crippen MR) is 72.2 cm³/mol. The fraction of sp³-hybridized carbons (Fsp3) is 0.786. The Labute approximate surface area is 109 Å². The molecule has 3 unspecified atom stereocenters. The molecular formula is C14H24N4. The number of nitrogens with two attached hydrogens (primary N) is 1. The molecule has 1 aromatic heterocycles. The summed E-state index contributed by atoms with van der Waals surface area (Å²) in [5.41, 5.74) is 7.49. The van der Waals surface area contributed by atoms with Crippen LogP contribution in [0.2, 0.25) is 0 Å². The fourth-order valence-corrected chi connectivity index (χ4v) is 3.83. The van der Waals surface area contributed by atoms with Crippen molar-refractivity contribution in [3.63, 3.8) is 0 Å². The standard InChI is InChI=1S/C14H24N4/c1-3-17-9-11(8-16-17)10(2)18-13-4-5-14(18)7-12(15)6-13/h8-10,12-14H,3-7,15H2,1-2H3.